The molecule has 2 aromatic carbocycles. The van der Waals surface area contributed by atoms with Crippen molar-refractivity contribution in [1.82, 2.24) is 9.80 Å². The largest absolute Gasteiger partial charge is 0.497 e. The third-order valence-corrected chi connectivity index (χ3v) is 5.40. The molecule has 0 spiro atoms. The van der Waals surface area contributed by atoms with Gasteiger partial charge in [0.25, 0.3) is 0 Å². The molecule has 1 fully saturated rings. The molecule has 1 aliphatic heterocycles. The molecule has 3 rings (SSSR count). The summed E-state index contributed by atoms with van der Waals surface area (Å²) in [5.74, 6) is -0.0500. The minimum atomic E-state index is -0.773. The number of carbonyl (C=O) groups excluding carboxylic acids is 1. The summed E-state index contributed by atoms with van der Waals surface area (Å²) in [6.45, 7) is 4.03. The quantitative estimate of drug-likeness (QED) is 0.829. The highest BCUT2D eigenvalue weighted by Crippen LogP contribution is 2.23. The fourth-order valence-corrected chi connectivity index (χ4v) is 3.94. The summed E-state index contributed by atoms with van der Waals surface area (Å²) < 4.78 is 5.26. The van der Waals surface area contributed by atoms with Crippen LogP contribution < -0.4 is 4.74 Å². The number of aliphatic carboxylic acids is 1. The van der Waals surface area contributed by atoms with Gasteiger partial charge in [-0.3, -0.25) is 14.5 Å². The average molecular weight is 384 g/mol. The Morgan fingerprint density at radius 1 is 1.18 bits per heavy atom. The van der Waals surface area contributed by atoms with Crippen molar-refractivity contribution in [1.29, 1.82) is 0 Å². The van der Waals surface area contributed by atoms with Crippen LogP contribution in [0.25, 0.3) is 10.8 Å². The Morgan fingerprint density at radius 2 is 1.89 bits per heavy atom. The van der Waals surface area contributed by atoms with E-state index in [1.54, 1.807) is 19.1 Å². The monoisotopic (exact) mass is 384 g/mol. The van der Waals surface area contributed by atoms with Gasteiger partial charge in [0.05, 0.1) is 19.6 Å². The van der Waals surface area contributed by atoms with Gasteiger partial charge in [-0.25, -0.2) is 0 Å². The van der Waals surface area contributed by atoms with Gasteiger partial charge >= 0.3 is 5.97 Å². The molecular formula is C22H28N2O4. The van der Waals surface area contributed by atoms with E-state index in [-0.39, 0.29) is 24.3 Å². The van der Waals surface area contributed by atoms with E-state index in [0.717, 1.165) is 28.6 Å². The average Bonchev–Trinajstić information content (AvgIpc) is 2.66. The lowest BCUT2D eigenvalue weighted by Gasteiger charge is -2.35. The zero-order valence-electron chi connectivity index (χ0n) is 16.7. The maximum absolute atomic E-state index is 12.7. The van der Waals surface area contributed by atoms with E-state index in [9.17, 15) is 14.7 Å². The van der Waals surface area contributed by atoms with Crippen molar-refractivity contribution in [3.05, 3.63) is 42.0 Å². The maximum Gasteiger partial charge on any atom is 0.307 e. The molecule has 6 nitrogen and oxygen atoms in total. The molecule has 0 aliphatic carbocycles. The van der Waals surface area contributed by atoms with Crippen molar-refractivity contribution in [2.45, 2.75) is 19.9 Å². The summed E-state index contributed by atoms with van der Waals surface area (Å²) in [5.41, 5.74) is 1.06. The van der Waals surface area contributed by atoms with E-state index in [1.165, 1.54) is 0 Å². The number of hydrogen-bond acceptors (Lipinski definition) is 4. The lowest BCUT2D eigenvalue weighted by atomic mass is 9.90. The summed E-state index contributed by atoms with van der Waals surface area (Å²) in [7, 11) is 3.44. The number of piperidine rings is 1. The normalized spacial score (nSPS) is 20.1. The number of fused-ring (bicyclic) bond motifs is 1. The molecule has 0 radical (unpaired) electrons. The molecule has 0 aromatic heterocycles. The summed E-state index contributed by atoms with van der Waals surface area (Å²) in [6, 6.07) is 12.1. The van der Waals surface area contributed by atoms with Crippen LogP contribution in [0.3, 0.4) is 0 Å². The van der Waals surface area contributed by atoms with E-state index in [4.69, 9.17) is 4.74 Å². The number of hydrogen-bond donors (Lipinski definition) is 1. The topological polar surface area (TPSA) is 70.1 Å². The molecule has 1 aliphatic rings. The minimum Gasteiger partial charge on any atom is -0.497 e. The number of carbonyl (C=O) groups is 2. The molecule has 2 aromatic rings. The number of rotatable bonds is 6. The van der Waals surface area contributed by atoms with Crippen molar-refractivity contribution in [2.75, 3.05) is 33.8 Å². The van der Waals surface area contributed by atoms with E-state index >= 15 is 0 Å². The number of carboxylic acid groups (broad SMARTS) is 1. The Labute approximate surface area is 165 Å². The molecule has 2 atom stereocenters. The third kappa shape index (κ3) is 4.81. The van der Waals surface area contributed by atoms with E-state index in [2.05, 4.69) is 6.07 Å². The maximum atomic E-state index is 12.7. The van der Waals surface area contributed by atoms with Gasteiger partial charge in [-0.05, 0) is 46.9 Å². The van der Waals surface area contributed by atoms with Crippen LogP contribution in [0.2, 0.25) is 0 Å². The number of amides is 1. The standard InChI is InChI=1S/C22H28N2O4/c1-15-8-19(22(26)27)13-24(11-15)14-21(25)23(2)12-16-4-5-18-10-20(28-3)7-6-17(18)9-16/h4-7,9-10,15,19H,8,11-14H2,1-3H3,(H,26,27). The molecular weight excluding hydrogens is 356 g/mol. The summed E-state index contributed by atoms with van der Waals surface area (Å²) in [6.07, 6.45) is 0.678. The zero-order valence-corrected chi connectivity index (χ0v) is 16.7. The smallest absolute Gasteiger partial charge is 0.307 e. The van der Waals surface area contributed by atoms with Crippen molar-refractivity contribution < 1.29 is 19.4 Å². The van der Waals surface area contributed by atoms with Crippen LogP contribution in [0.15, 0.2) is 36.4 Å². The van der Waals surface area contributed by atoms with Crippen LogP contribution in [0, 0.1) is 11.8 Å². The third-order valence-electron chi connectivity index (χ3n) is 5.40. The highest BCUT2D eigenvalue weighted by Gasteiger charge is 2.30. The van der Waals surface area contributed by atoms with Gasteiger partial charge in [-0.1, -0.05) is 25.1 Å². The first-order valence-electron chi connectivity index (χ1n) is 9.61. The van der Waals surface area contributed by atoms with Gasteiger partial charge in [0.1, 0.15) is 5.75 Å². The number of methoxy groups -OCH3 is 1. The highest BCUT2D eigenvalue weighted by atomic mass is 16.5. The summed E-state index contributed by atoms with van der Waals surface area (Å²) in [4.78, 5) is 27.7. The Morgan fingerprint density at radius 3 is 2.61 bits per heavy atom. The molecule has 28 heavy (non-hydrogen) atoms. The van der Waals surface area contributed by atoms with Crippen molar-refractivity contribution >= 4 is 22.6 Å². The van der Waals surface area contributed by atoms with E-state index < -0.39 is 5.97 Å². The van der Waals surface area contributed by atoms with Gasteiger partial charge in [-0.2, -0.15) is 0 Å². The first-order valence-corrected chi connectivity index (χ1v) is 9.61. The number of likely N-dealkylation sites (N-methyl/N-ethyl adjacent to an activating group) is 1. The van der Waals surface area contributed by atoms with Crippen LogP contribution in [0.1, 0.15) is 18.9 Å². The number of carboxylic acids is 1. The first-order chi connectivity index (χ1) is 13.4. The van der Waals surface area contributed by atoms with Gasteiger partial charge in [0.15, 0.2) is 0 Å². The van der Waals surface area contributed by atoms with E-state index in [0.29, 0.717) is 19.5 Å². The molecule has 1 saturated heterocycles. The van der Waals surface area contributed by atoms with Crippen molar-refractivity contribution in [3.63, 3.8) is 0 Å². The number of likely N-dealkylation sites (tertiary alicyclic amines) is 1. The van der Waals surface area contributed by atoms with Gasteiger partial charge in [0, 0.05) is 26.7 Å². The SMILES string of the molecule is COc1ccc2cc(CN(C)C(=O)CN3CC(C)CC(C(=O)O)C3)ccc2c1. The zero-order chi connectivity index (χ0) is 20.3. The second-order valence-electron chi connectivity index (χ2n) is 7.87. The molecule has 0 saturated carbocycles. The van der Waals surface area contributed by atoms with Crippen molar-refractivity contribution in [3.8, 4) is 5.75 Å². The van der Waals surface area contributed by atoms with E-state index in [1.807, 2.05) is 42.2 Å². The second-order valence-corrected chi connectivity index (χ2v) is 7.87. The second kappa shape index (κ2) is 8.61. The fourth-order valence-electron chi connectivity index (χ4n) is 3.94. The highest BCUT2D eigenvalue weighted by molar-refractivity contribution is 5.85. The molecule has 1 amide bonds. The number of ether oxygens (including phenoxy) is 1. The predicted octanol–water partition coefficient (Wildman–Crippen LogP) is 2.85. The lowest BCUT2D eigenvalue weighted by Crippen LogP contribution is -2.47. The van der Waals surface area contributed by atoms with Crippen LogP contribution in [0.4, 0.5) is 0 Å². The van der Waals surface area contributed by atoms with Crippen LogP contribution in [-0.2, 0) is 16.1 Å². The number of nitrogens with zero attached hydrogens (tertiary/aromatic N) is 2. The molecule has 6 heteroatoms. The Kier molecular flexibility index (Phi) is 6.19. The molecule has 2 unspecified atom stereocenters. The molecule has 1 heterocycles. The van der Waals surface area contributed by atoms with Crippen molar-refractivity contribution in [2.24, 2.45) is 11.8 Å². The van der Waals surface area contributed by atoms with Crippen LogP contribution in [-0.4, -0.2) is 60.6 Å². The first kappa shape index (κ1) is 20.1. The van der Waals surface area contributed by atoms with Crippen LogP contribution >= 0.6 is 0 Å². The predicted molar refractivity (Wildman–Crippen MR) is 108 cm³/mol. The minimum absolute atomic E-state index is 0.00747. The Balaban J connectivity index is 1.62. The molecule has 0 bridgehead atoms. The number of benzene rings is 2. The van der Waals surface area contributed by atoms with Gasteiger partial charge < -0.3 is 14.7 Å². The lowest BCUT2D eigenvalue weighted by molar-refractivity contribution is -0.145. The van der Waals surface area contributed by atoms with Gasteiger partial charge in [0.2, 0.25) is 5.91 Å². The van der Waals surface area contributed by atoms with Gasteiger partial charge in [-0.15, -0.1) is 0 Å². The summed E-state index contributed by atoms with van der Waals surface area (Å²) in [5, 5.41) is 11.5. The Hall–Kier alpha value is -2.60. The molecule has 150 valence electrons. The van der Waals surface area contributed by atoms with Crippen LogP contribution in [0.5, 0.6) is 5.75 Å². The molecule has 1 N–H and O–H groups in total. The Bertz CT molecular complexity index is 867. The summed E-state index contributed by atoms with van der Waals surface area (Å²) >= 11 is 0. The fraction of sp³-hybridized carbons (Fsp3) is 0.455.